The molecule has 0 saturated heterocycles. The molecule has 1 N–H and O–H groups in total. The summed E-state index contributed by atoms with van der Waals surface area (Å²) in [5.74, 6) is 3.20. The fourth-order valence-corrected chi connectivity index (χ4v) is 1.67. The van der Waals surface area contributed by atoms with Gasteiger partial charge in [0.15, 0.2) is 5.82 Å². The largest absolute Gasteiger partial charge is 0.346 e. The number of carbonyl (C=O) groups excluding carboxylic acids is 1. The summed E-state index contributed by atoms with van der Waals surface area (Å²) in [6.07, 6.45) is 7.40. The van der Waals surface area contributed by atoms with E-state index >= 15 is 0 Å². The van der Waals surface area contributed by atoms with Crippen molar-refractivity contribution in [3.05, 3.63) is 12.2 Å². The van der Waals surface area contributed by atoms with Gasteiger partial charge in [-0.15, -0.1) is 6.42 Å². The zero-order valence-corrected chi connectivity index (χ0v) is 12.7. The molecule has 0 bridgehead atoms. The molecule has 0 radical (unpaired) electrons. The number of anilines is 1. The summed E-state index contributed by atoms with van der Waals surface area (Å²) in [6.45, 7) is 3.63. The topological polar surface area (TPSA) is 83.5 Å². The van der Waals surface area contributed by atoms with Gasteiger partial charge in [0.25, 0.3) is 0 Å². The monoisotopic (exact) mass is 292 g/mol. The summed E-state index contributed by atoms with van der Waals surface area (Å²) in [5, 5.41) is 5.80. The molecule has 0 aliphatic carbocycles. The Morgan fingerprint density at radius 1 is 1.57 bits per heavy atom. The van der Waals surface area contributed by atoms with Crippen molar-refractivity contribution >= 4 is 11.9 Å². The maximum Gasteiger partial charge on any atom is 0.246 e. The number of rotatable bonds is 7. The van der Waals surface area contributed by atoms with Gasteiger partial charge in [-0.2, -0.15) is 9.97 Å². The molecule has 21 heavy (non-hydrogen) atoms. The van der Waals surface area contributed by atoms with Crippen molar-refractivity contribution in [1.82, 2.24) is 25.4 Å². The van der Waals surface area contributed by atoms with Crippen LogP contribution in [0.1, 0.15) is 32.1 Å². The highest BCUT2D eigenvalue weighted by atomic mass is 16.7. The standard InChI is InChI=1S/C13H20N6O2/c1-6-8-19(18(4)21-5)13-15-9-14-12(17-13)11(7-2)16-10(3)20/h1,9,11H,7-8H2,2-5H3,(H,16,20). The highest BCUT2D eigenvalue weighted by molar-refractivity contribution is 5.73. The number of amides is 1. The fourth-order valence-electron chi connectivity index (χ4n) is 1.67. The number of aromatic nitrogens is 3. The molecule has 0 aromatic carbocycles. The van der Waals surface area contributed by atoms with Gasteiger partial charge in [0.2, 0.25) is 11.9 Å². The van der Waals surface area contributed by atoms with Gasteiger partial charge in [0, 0.05) is 14.0 Å². The van der Waals surface area contributed by atoms with Crippen LogP contribution in [0.15, 0.2) is 6.33 Å². The second-order valence-electron chi connectivity index (χ2n) is 4.21. The smallest absolute Gasteiger partial charge is 0.246 e. The zero-order valence-electron chi connectivity index (χ0n) is 12.7. The van der Waals surface area contributed by atoms with Crippen LogP contribution >= 0.6 is 0 Å². The van der Waals surface area contributed by atoms with E-state index in [2.05, 4.69) is 26.2 Å². The number of nitrogens with one attached hydrogen (secondary N) is 1. The minimum absolute atomic E-state index is 0.140. The van der Waals surface area contributed by atoms with Crippen molar-refractivity contribution < 1.29 is 9.63 Å². The minimum atomic E-state index is -0.273. The lowest BCUT2D eigenvalue weighted by molar-refractivity contribution is -0.119. The van der Waals surface area contributed by atoms with E-state index in [-0.39, 0.29) is 18.5 Å². The molecule has 1 aromatic heterocycles. The molecule has 1 heterocycles. The van der Waals surface area contributed by atoms with Crippen LogP contribution in [0.2, 0.25) is 0 Å². The summed E-state index contributed by atoms with van der Waals surface area (Å²) in [7, 11) is 3.20. The highest BCUT2D eigenvalue weighted by Gasteiger charge is 2.19. The van der Waals surface area contributed by atoms with Crippen LogP contribution in [-0.2, 0) is 9.63 Å². The first-order chi connectivity index (χ1) is 10.0. The third kappa shape index (κ3) is 4.66. The van der Waals surface area contributed by atoms with E-state index in [0.29, 0.717) is 18.2 Å². The zero-order chi connectivity index (χ0) is 15.8. The van der Waals surface area contributed by atoms with Crippen LogP contribution < -0.4 is 10.3 Å². The Balaban J connectivity index is 3.07. The van der Waals surface area contributed by atoms with Crippen LogP contribution in [0.5, 0.6) is 0 Å². The minimum Gasteiger partial charge on any atom is -0.346 e. The SMILES string of the molecule is C#CCN(c1ncnc(C(CC)NC(C)=O)n1)N(C)OC. The van der Waals surface area contributed by atoms with E-state index < -0.39 is 0 Å². The second-order valence-corrected chi connectivity index (χ2v) is 4.21. The summed E-state index contributed by atoms with van der Waals surface area (Å²) in [4.78, 5) is 28.9. The molecular formula is C13H20N6O2. The molecule has 114 valence electrons. The van der Waals surface area contributed by atoms with Crippen molar-refractivity contribution in [2.45, 2.75) is 26.3 Å². The summed E-state index contributed by atoms with van der Waals surface area (Å²) in [5.41, 5.74) is 0. The number of hydrazine groups is 1. The Kier molecular flexibility index (Phi) is 6.52. The van der Waals surface area contributed by atoms with Crippen molar-refractivity contribution in [2.75, 3.05) is 25.7 Å². The van der Waals surface area contributed by atoms with Crippen LogP contribution in [0, 0.1) is 12.3 Å². The molecule has 0 aliphatic rings. The molecular weight excluding hydrogens is 272 g/mol. The van der Waals surface area contributed by atoms with E-state index in [1.54, 1.807) is 12.1 Å². The van der Waals surface area contributed by atoms with Gasteiger partial charge in [-0.1, -0.05) is 18.0 Å². The van der Waals surface area contributed by atoms with E-state index in [4.69, 9.17) is 11.3 Å². The Morgan fingerprint density at radius 2 is 2.29 bits per heavy atom. The lowest BCUT2D eigenvalue weighted by Crippen LogP contribution is -2.41. The number of terminal acetylenes is 1. The molecule has 1 atom stereocenters. The molecule has 0 saturated carbocycles. The number of hydrogen-bond donors (Lipinski definition) is 1. The van der Waals surface area contributed by atoms with E-state index in [0.717, 1.165) is 0 Å². The van der Waals surface area contributed by atoms with Gasteiger partial charge in [0.05, 0.1) is 13.2 Å². The molecule has 1 unspecified atom stereocenters. The van der Waals surface area contributed by atoms with Gasteiger partial charge in [-0.25, -0.2) is 9.99 Å². The summed E-state index contributed by atoms with van der Waals surface area (Å²) < 4.78 is 0. The Hall–Kier alpha value is -2.24. The molecule has 8 nitrogen and oxygen atoms in total. The predicted molar refractivity (Wildman–Crippen MR) is 77.6 cm³/mol. The number of hydrogen-bond acceptors (Lipinski definition) is 7. The van der Waals surface area contributed by atoms with Crippen molar-refractivity contribution in [3.8, 4) is 12.3 Å². The van der Waals surface area contributed by atoms with Crippen LogP contribution in [0.4, 0.5) is 5.95 Å². The number of hydroxylamine groups is 1. The van der Waals surface area contributed by atoms with Crippen LogP contribution in [-0.4, -0.2) is 46.7 Å². The molecule has 0 spiro atoms. The van der Waals surface area contributed by atoms with Crippen molar-refractivity contribution in [1.29, 1.82) is 0 Å². The Bertz CT molecular complexity index is 516. The van der Waals surface area contributed by atoms with Crippen molar-refractivity contribution in [2.24, 2.45) is 0 Å². The van der Waals surface area contributed by atoms with Gasteiger partial charge >= 0.3 is 0 Å². The van der Waals surface area contributed by atoms with E-state index in [9.17, 15) is 4.79 Å². The van der Waals surface area contributed by atoms with Crippen LogP contribution in [0.3, 0.4) is 0 Å². The van der Waals surface area contributed by atoms with E-state index in [1.165, 1.54) is 25.5 Å². The molecule has 1 rings (SSSR count). The fraction of sp³-hybridized carbons (Fsp3) is 0.538. The second kappa shape index (κ2) is 8.14. The average molecular weight is 292 g/mol. The highest BCUT2D eigenvalue weighted by Crippen LogP contribution is 2.15. The first kappa shape index (κ1) is 16.8. The van der Waals surface area contributed by atoms with Gasteiger partial charge < -0.3 is 5.32 Å². The lowest BCUT2D eigenvalue weighted by atomic mass is 10.2. The summed E-state index contributed by atoms with van der Waals surface area (Å²) in [6, 6.07) is -0.273. The third-order valence-electron chi connectivity index (χ3n) is 2.75. The normalized spacial score (nSPS) is 11.8. The van der Waals surface area contributed by atoms with Gasteiger partial charge in [0.1, 0.15) is 12.9 Å². The maximum absolute atomic E-state index is 11.2. The van der Waals surface area contributed by atoms with Crippen LogP contribution in [0.25, 0.3) is 0 Å². The number of nitrogens with zero attached hydrogens (tertiary/aromatic N) is 5. The van der Waals surface area contributed by atoms with E-state index in [1.807, 2.05) is 6.92 Å². The Morgan fingerprint density at radius 3 is 2.81 bits per heavy atom. The molecule has 0 aliphatic heterocycles. The quantitative estimate of drug-likeness (QED) is 0.572. The van der Waals surface area contributed by atoms with Gasteiger partial charge in [-0.3, -0.25) is 9.63 Å². The molecule has 1 aromatic rings. The first-order valence-corrected chi connectivity index (χ1v) is 6.48. The lowest BCUT2D eigenvalue weighted by Gasteiger charge is -2.28. The average Bonchev–Trinajstić information content (AvgIpc) is 2.49. The molecule has 1 amide bonds. The molecule has 0 fully saturated rings. The summed E-state index contributed by atoms with van der Waals surface area (Å²) >= 11 is 0. The molecule has 8 heteroatoms. The third-order valence-corrected chi connectivity index (χ3v) is 2.75. The number of carbonyl (C=O) groups is 1. The predicted octanol–water partition coefficient (Wildman–Crippen LogP) is 0.307. The maximum atomic E-state index is 11.2. The first-order valence-electron chi connectivity index (χ1n) is 6.48. The van der Waals surface area contributed by atoms with Gasteiger partial charge in [-0.05, 0) is 6.42 Å². The van der Waals surface area contributed by atoms with Crippen molar-refractivity contribution in [3.63, 3.8) is 0 Å². The Labute approximate surface area is 124 Å².